The van der Waals surface area contributed by atoms with E-state index in [2.05, 4.69) is 0 Å². The number of benzene rings is 1. The zero-order chi connectivity index (χ0) is 28.0. The summed E-state index contributed by atoms with van der Waals surface area (Å²) in [6, 6.07) is 2.69. The topological polar surface area (TPSA) is 101 Å². The van der Waals surface area contributed by atoms with E-state index >= 15 is 8.78 Å². The molecular formula is C28H28F4O6. The second-order valence-electron chi connectivity index (χ2n) is 11.5. The molecule has 10 heteroatoms. The van der Waals surface area contributed by atoms with Crippen LogP contribution in [0, 0.1) is 40.2 Å². The summed E-state index contributed by atoms with van der Waals surface area (Å²) in [7, 11) is 0. The molecule has 0 bridgehead atoms. The third-order valence-corrected chi connectivity index (χ3v) is 9.91. The van der Waals surface area contributed by atoms with Gasteiger partial charge in [0, 0.05) is 22.7 Å². The van der Waals surface area contributed by atoms with Crippen LogP contribution in [0.25, 0.3) is 0 Å². The average molecular weight is 537 g/mol. The van der Waals surface area contributed by atoms with Gasteiger partial charge in [-0.05, 0) is 62.0 Å². The number of fused-ring (bicyclic) bond motifs is 5. The molecule has 38 heavy (non-hydrogen) atoms. The Labute approximate surface area is 216 Å². The van der Waals surface area contributed by atoms with Crippen molar-refractivity contribution in [2.24, 2.45) is 28.6 Å². The number of carbonyl (C=O) groups excluding carboxylic acids is 2. The lowest BCUT2D eigenvalue weighted by Gasteiger charge is -2.62. The van der Waals surface area contributed by atoms with E-state index in [-0.39, 0.29) is 12.0 Å². The van der Waals surface area contributed by atoms with Gasteiger partial charge in [-0.2, -0.15) is 0 Å². The van der Waals surface area contributed by atoms with Crippen molar-refractivity contribution in [3.63, 3.8) is 0 Å². The second-order valence-corrected chi connectivity index (χ2v) is 11.5. The third kappa shape index (κ3) is 3.06. The van der Waals surface area contributed by atoms with Crippen LogP contribution in [-0.2, 0) is 14.3 Å². The van der Waals surface area contributed by atoms with E-state index in [0.717, 1.165) is 30.4 Å². The zero-order valence-electron chi connectivity index (χ0n) is 21.0. The summed E-state index contributed by atoms with van der Waals surface area (Å²) in [6.07, 6.45) is -1.05. The Kier molecular flexibility index (Phi) is 5.77. The number of ketones is 1. The highest BCUT2D eigenvalue weighted by Gasteiger charge is 2.78. The molecule has 3 saturated carbocycles. The van der Waals surface area contributed by atoms with E-state index in [4.69, 9.17) is 4.74 Å². The van der Waals surface area contributed by atoms with Gasteiger partial charge in [0.15, 0.2) is 11.5 Å². The van der Waals surface area contributed by atoms with Crippen molar-refractivity contribution in [3.8, 4) is 0 Å². The molecule has 6 nitrogen and oxygen atoms in total. The Hall–Kier alpha value is -3.01. The number of ether oxygens (including phenoxy) is 1. The van der Waals surface area contributed by atoms with Gasteiger partial charge in [0.2, 0.25) is 5.60 Å². The second kappa shape index (κ2) is 8.24. The molecular weight excluding hydrogens is 508 g/mol. The Morgan fingerprint density at radius 1 is 1.11 bits per heavy atom. The molecule has 0 spiro atoms. The number of alkyl halides is 2. The molecule has 0 amide bonds. The summed E-state index contributed by atoms with van der Waals surface area (Å²) >= 11 is 0. The normalized spacial score (nSPS) is 43.5. The minimum Gasteiger partial charge on any atom is -0.478 e. The Bertz CT molecular complexity index is 1290. The van der Waals surface area contributed by atoms with E-state index in [1.54, 1.807) is 0 Å². The van der Waals surface area contributed by atoms with Crippen LogP contribution >= 0.6 is 0 Å². The maximum atomic E-state index is 17.3. The zero-order valence-corrected chi connectivity index (χ0v) is 21.0. The Balaban J connectivity index is 1.62. The van der Waals surface area contributed by atoms with Gasteiger partial charge >= 0.3 is 11.9 Å². The molecule has 5 rings (SSSR count). The number of aliphatic hydroxyl groups excluding tert-OH is 1. The van der Waals surface area contributed by atoms with E-state index < -0.39 is 99.9 Å². The lowest BCUT2D eigenvalue weighted by atomic mass is 9.44. The highest BCUT2D eigenvalue weighted by molar-refractivity contribution is 6.01. The molecule has 0 aliphatic heterocycles. The molecule has 0 radical (unpaired) electrons. The highest BCUT2D eigenvalue weighted by atomic mass is 19.2. The first-order chi connectivity index (χ1) is 17.6. The largest absolute Gasteiger partial charge is 0.478 e. The van der Waals surface area contributed by atoms with Gasteiger partial charge in [-0.1, -0.05) is 26.0 Å². The standard InChI is InChI=1S/C28H28F4O6/c1-13-9-15-16-11-20(31)17-10-14(33)7-8-25(17,2)27(16,32)21(34)12-26(15,3)28(13,24(36)37)38-23(35)22-18(29)5-4-6-19(22)30/h4-8,10,13,15-16,20-21,34H,9,11-12H2,1-3H3,(H,36,37)/t13-,15+,16+,20+,21+,25+,26+,27+,28-/m1/s1. The van der Waals surface area contributed by atoms with Gasteiger partial charge < -0.3 is 14.9 Å². The molecule has 4 aliphatic rings. The number of carboxylic acids is 1. The van der Waals surface area contributed by atoms with Gasteiger partial charge in [0.05, 0.1) is 6.10 Å². The first kappa shape index (κ1) is 26.6. The van der Waals surface area contributed by atoms with Crippen LogP contribution in [0.2, 0.25) is 0 Å². The summed E-state index contributed by atoms with van der Waals surface area (Å²) in [4.78, 5) is 37.9. The summed E-state index contributed by atoms with van der Waals surface area (Å²) < 4.78 is 67.1. The van der Waals surface area contributed by atoms with Crippen LogP contribution in [0.4, 0.5) is 17.6 Å². The van der Waals surface area contributed by atoms with Crippen LogP contribution in [-0.4, -0.2) is 51.5 Å². The summed E-state index contributed by atoms with van der Waals surface area (Å²) in [6.45, 7) is 4.32. The lowest BCUT2D eigenvalue weighted by molar-refractivity contribution is -0.229. The molecule has 1 aromatic carbocycles. The van der Waals surface area contributed by atoms with Gasteiger partial charge in [0.1, 0.15) is 23.4 Å². The first-order valence-corrected chi connectivity index (χ1v) is 12.5. The summed E-state index contributed by atoms with van der Waals surface area (Å²) in [5, 5.41) is 21.8. The third-order valence-electron chi connectivity index (χ3n) is 9.91. The van der Waals surface area contributed by atoms with Crippen LogP contribution in [0.15, 0.2) is 42.0 Å². The van der Waals surface area contributed by atoms with Crippen molar-refractivity contribution < 1.29 is 46.9 Å². The monoisotopic (exact) mass is 536 g/mol. The Morgan fingerprint density at radius 3 is 2.34 bits per heavy atom. The number of esters is 1. The molecule has 0 unspecified atom stereocenters. The minimum atomic E-state index is -2.46. The molecule has 3 fully saturated rings. The van der Waals surface area contributed by atoms with E-state index in [9.17, 15) is 33.4 Å². The molecule has 204 valence electrons. The van der Waals surface area contributed by atoms with Gasteiger partial charge in [0.25, 0.3) is 0 Å². The summed E-state index contributed by atoms with van der Waals surface area (Å²) in [5.41, 5.74) is -9.30. The van der Waals surface area contributed by atoms with Crippen LogP contribution in [0.3, 0.4) is 0 Å². The predicted molar refractivity (Wildman–Crippen MR) is 125 cm³/mol. The SMILES string of the molecule is C[C@@H]1C[C@H]2[C@@H]3C[C@H](F)C4=CC(=O)C=C[C@]4(C)[C@@]3(F)[C@@H](O)C[C@]2(C)[C@]1(OC(=O)c1c(F)cccc1F)C(=O)O. The van der Waals surface area contributed by atoms with Crippen molar-refractivity contribution in [1.29, 1.82) is 0 Å². The molecule has 0 saturated heterocycles. The highest BCUT2D eigenvalue weighted by Crippen LogP contribution is 2.71. The molecule has 1 aromatic rings. The fourth-order valence-electron chi connectivity index (χ4n) is 8.13. The van der Waals surface area contributed by atoms with Crippen molar-refractivity contribution >= 4 is 17.7 Å². The molecule has 4 aliphatic carbocycles. The van der Waals surface area contributed by atoms with E-state index in [0.29, 0.717) is 0 Å². The number of rotatable bonds is 3. The number of halogens is 4. The summed E-state index contributed by atoms with van der Waals surface area (Å²) in [5.74, 6) is -9.21. The van der Waals surface area contributed by atoms with Gasteiger partial charge in [-0.15, -0.1) is 0 Å². The van der Waals surface area contributed by atoms with Gasteiger partial charge in [-0.25, -0.2) is 27.2 Å². The average Bonchev–Trinajstić information content (AvgIpc) is 3.04. The van der Waals surface area contributed by atoms with E-state index in [1.807, 2.05) is 0 Å². The van der Waals surface area contributed by atoms with Crippen LogP contribution < -0.4 is 0 Å². The van der Waals surface area contributed by atoms with Crippen molar-refractivity contribution in [2.45, 2.75) is 63.6 Å². The molecule has 9 atom stereocenters. The fourth-order valence-corrected chi connectivity index (χ4v) is 8.13. The first-order valence-electron chi connectivity index (χ1n) is 12.5. The van der Waals surface area contributed by atoms with Gasteiger partial charge in [-0.3, -0.25) is 4.79 Å². The van der Waals surface area contributed by atoms with Crippen LogP contribution in [0.1, 0.15) is 50.4 Å². The number of aliphatic hydroxyl groups is 1. The Morgan fingerprint density at radius 2 is 1.74 bits per heavy atom. The maximum Gasteiger partial charge on any atom is 0.349 e. The maximum absolute atomic E-state index is 17.3. The van der Waals surface area contributed by atoms with E-state index in [1.165, 1.54) is 26.8 Å². The predicted octanol–water partition coefficient (Wildman–Crippen LogP) is 4.51. The fraction of sp³-hybridized carbons (Fsp3) is 0.536. The molecule has 0 aromatic heterocycles. The number of hydrogen-bond donors (Lipinski definition) is 2. The number of carbonyl (C=O) groups is 3. The smallest absolute Gasteiger partial charge is 0.349 e. The number of allylic oxidation sites excluding steroid dienone is 4. The molecule has 0 heterocycles. The molecule has 2 N–H and O–H groups in total. The van der Waals surface area contributed by atoms with Crippen molar-refractivity contribution in [3.05, 3.63) is 59.2 Å². The number of carboxylic acid groups (broad SMARTS) is 1. The van der Waals surface area contributed by atoms with Crippen molar-refractivity contribution in [2.75, 3.05) is 0 Å². The quantitative estimate of drug-likeness (QED) is 0.436. The number of hydrogen-bond acceptors (Lipinski definition) is 5. The van der Waals surface area contributed by atoms with Crippen LogP contribution in [0.5, 0.6) is 0 Å². The minimum absolute atomic E-state index is 0.0105. The van der Waals surface area contributed by atoms with Crippen molar-refractivity contribution in [1.82, 2.24) is 0 Å². The number of aliphatic carboxylic acids is 1. The lowest BCUT2D eigenvalue weighted by Crippen LogP contribution is -2.71.